The molecule has 0 aromatic heterocycles. The first kappa shape index (κ1) is 12.3. The molecule has 1 aromatic rings. The van der Waals surface area contributed by atoms with Crippen molar-refractivity contribution in [3.8, 4) is 0 Å². The van der Waals surface area contributed by atoms with Crippen LogP contribution in [0.2, 0.25) is 5.02 Å². The van der Waals surface area contributed by atoms with E-state index in [-0.39, 0.29) is 11.2 Å². The number of halogens is 2. The lowest BCUT2D eigenvalue weighted by atomic mass is 10.2. The van der Waals surface area contributed by atoms with Crippen LogP contribution in [0.3, 0.4) is 0 Å². The number of rotatable bonds is 2. The monoisotopic (exact) mass is 319 g/mol. The molecule has 0 saturated carbocycles. The summed E-state index contributed by atoms with van der Waals surface area (Å²) in [6.45, 7) is 0. The molecule has 0 radical (unpaired) electrons. The average molecular weight is 321 g/mol. The van der Waals surface area contributed by atoms with Crippen molar-refractivity contribution in [1.29, 1.82) is 0 Å². The Labute approximate surface area is 112 Å². The molecule has 1 saturated heterocycles. The van der Waals surface area contributed by atoms with Gasteiger partial charge in [-0.15, -0.1) is 11.8 Å². The van der Waals surface area contributed by atoms with Gasteiger partial charge in [0.2, 0.25) is 5.91 Å². The second-order valence-corrected chi connectivity index (χ2v) is 6.25. The molecular formula is C11H11BrClNOS. The van der Waals surface area contributed by atoms with Crippen molar-refractivity contribution in [1.82, 2.24) is 0 Å². The highest BCUT2D eigenvalue weighted by Gasteiger charge is 2.23. The number of hydrogen-bond acceptors (Lipinski definition) is 2. The minimum atomic E-state index is 0.0579. The van der Waals surface area contributed by atoms with Crippen molar-refractivity contribution in [3.05, 3.63) is 27.7 Å². The van der Waals surface area contributed by atoms with Crippen molar-refractivity contribution in [2.45, 2.75) is 18.1 Å². The van der Waals surface area contributed by atoms with Crippen LogP contribution in [-0.4, -0.2) is 16.9 Å². The molecule has 2 nitrogen and oxygen atoms in total. The van der Waals surface area contributed by atoms with Crippen molar-refractivity contribution < 1.29 is 4.79 Å². The van der Waals surface area contributed by atoms with Crippen LogP contribution in [0.4, 0.5) is 5.69 Å². The van der Waals surface area contributed by atoms with Crippen LogP contribution in [0, 0.1) is 0 Å². The van der Waals surface area contributed by atoms with Gasteiger partial charge in [0.25, 0.3) is 0 Å². The van der Waals surface area contributed by atoms with Crippen molar-refractivity contribution in [2.24, 2.45) is 0 Å². The van der Waals surface area contributed by atoms with Crippen LogP contribution < -0.4 is 5.32 Å². The number of carbonyl (C=O) groups is 1. The summed E-state index contributed by atoms with van der Waals surface area (Å²) in [5, 5.41) is 3.52. The van der Waals surface area contributed by atoms with E-state index in [0.29, 0.717) is 10.7 Å². The first-order chi connectivity index (χ1) is 7.66. The lowest BCUT2D eigenvalue weighted by Gasteiger charge is -2.11. The van der Waals surface area contributed by atoms with Crippen LogP contribution in [-0.2, 0) is 4.79 Å². The van der Waals surface area contributed by atoms with Gasteiger partial charge in [0, 0.05) is 4.47 Å². The highest BCUT2D eigenvalue weighted by Crippen LogP contribution is 2.30. The first-order valence-electron chi connectivity index (χ1n) is 5.04. The van der Waals surface area contributed by atoms with E-state index >= 15 is 0 Å². The first-order valence-corrected chi connectivity index (χ1v) is 7.26. The van der Waals surface area contributed by atoms with Gasteiger partial charge in [0.05, 0.1) is 16.0 Å². The highest BCUT2D eigenvalue weighted by molar-refractivity contribution is 9.10. The Morgan fingerprint density at radius 3 is 3.06 bits per heavy atom. The summed E-state index contributed by atoms with van der Waals surface area (Å²) < 4.78 is 0.909. The third-order valence-corrected chi connectivity index (χ3v) is 4.61. The average Bonchev–Trinajstić information content (AvgIpc) is 2.76. The van der Waals surface area contributed by atoms with E-state index in [9.17, 15) is 4.79 Å². The summed E-state index contributed by atoms with van der Waals surface area (Å²) in [4.78, 5) is 11.9. The summed E-state index contributed by atoms with van der Waals surface area (Å²) >= 11 is 11.1. The molecule has 1 fully saturated rings. The lowest BCUT2D eigenvalue weighted by Crippen LogP contribution is -2.23. The molecule has 5 heteroatoms. The van der Waals surface area contributed by atoms with Crippen LogP contribution in [0.1, 0.15) is 12.8 Å². The normalized spacial score (nSPS) is 19.8. The zero-order valence-corrected chi connectivity index (χ0v) is 11.7. The molecule has 1 N–H and O–H groups in total. The predicted molar refractivity (Wildman–Crippen MR) is 73.3 cm³/mol. The molecule has 2 rings (SSSR count). The summed E-state index contributed by atoms with van der Waals surface area (Å²) in [7, 11) is 0. The molecule has 0 spiro atoms. The molecule has 16 heavy (non-hydrogen) atoms. The Balaban J connectivity index is 2.07. The summed E-state index contributed by atoms with van der Waals surface area (Å²) in [6, 6.07) is 5.44. The van der Waals surface area contributed by atoms with E-state index < -0.39 is 0 Å². The Morgan fingerprint density at radius 1 is 1.56 bits per heavy atom. The number of benzene rings is 1. The van der Waals surface area contributed by atoms with Crippen molar-refractivity contribution in [2.75, 3.05) is 11.1 Å². The molecule has 1 aliphatic heterocycles. The third-order valence-electron chi connectivity index (χ3n) is 2.41. The van der Waals surface area contributed by atoms with E-state index in [0.717, 1.165) is 23.1 Å². The Bertz CT molecular complexity index is 407. The van der Waals surface area contributed by atoms with Crippen LogP contribution in [0.5, 0.6) is 0 Å². The molecule has 1 heterocycles. The molecule has 0 bridgehead atoms. The van der Waals surface area contributed by atoms with Gasteiger partial charge in [0.1, 0.15) is 0 Å². The number of amides is 1. The minimum Gasteiger partial charge on any atom is -0.324 e. The fourth-order valence-electron chi connectivity index (χ4n) is 1.59. The largest absolute Gasteiger partial charge is 0.324 e. The SMILES string of the molecule is O=C(Nc1cc(Br)ccc1Cl)C1CCCS1. The van der Waals surface area contributed by atoms with Gasteiger partial charge >= 0.3 is 0 Å². The minimum absolute atomic E-state index is 0.0579. The van der Waals surface area contributed by atoms with Gasteiger partial charge in [-0.3, -0.25) is 4.79 Å². The number of hydrogen-bond donors (Lipinski definition) is 1. The predicted octanol–water partition coefficient (Wildman–Crippen LogP) is 3.94. The van der Waals surface area contributed by atoms with Crippen LogP contribution >= 0.6 is 39.3 Å². The zero-order valence-electron chi connectivity index (χ0n) is 8.50. The van der Waals surface area contributed by atoms with Crippen LogP contribution in [0.25, 0.3) is 0 Å². The van der Waals surface area contributed by atoms with Gasteiger partial charge in [-0.25, -0.2) is 0 Å². The number of nitrogens with one attached hydrogen (secondary N) is 1. The van der Waals surface area contributed by atoms with E-state index in [1.165, 1.54) is 0 Å². The number of anilines is 1. The highest BCUT2D eigenvalue weighted by atomic mass is 79.9. The van der Waals surface area contributed by atoms with Crippen molar-refractivity contribution >= 4 is 50.9 Å². The van der Waals surface area contributed by atoms with Gasteiger partial charge in [-0.1, -0.05) is 27.5 Å². The fourth-order valence-corrected chi connectivity index (χ4v) is 3.28. The molecular weight excluding hydrogens is 310 g/mol. The van der Waals surface area contributed by atoms with Gasteiger partial charge in [0.15, 0.2) is 0 Å². The smallest absolute Gasteiger partial charge is 0.237 e. The zero-order chi connectivity index (χ0) is 11.5. The van der Waals surface area contributed by atoms with E-state index in [1.807, 2.05) is 12.1 Å². The number of carbonyl (C=O) groups excluding carboxylic acids is 1. The number of thioether (sulfide) groups is 1. The van der Waals surface area contributed by atoms with E-state index in [4.69, 9.17) is 11.6 Å². The standard InChI is InChI=1S/C11H11BrClNOS/c12-7-3-4-8(13)9(6-7)14-11(15)10-2-1-5-16-10/h3-4,6,10H,1-2,5H2,(H,14,15). The Hall–Kier alpha value is -0.190. The maximum atomic E-state index is 11.9. The Morgan fingerprint density at radius 2 is 2.38 bits per heavy atom. The second kappa shape index (κ2) is 5.43. The summed E-state index contributed by atoms with van der Waals surface area (Å²) in [5.74, 6) is 1.13. The van der Waals surface area contributed by atoms with Crippen molar-refractivity contribution in [3.63, 3.8) is 0 Å². The molecule has 1 unspecified atom stereocenters. The quantitative estimate of drug-likeness (QED) is 0.894. The second-order valence-electron chi connectivity index (χ2n) is 3.62. The van der Waals surface area contributed by atoms with Gasteiger partial charge in [-0.05, 0) is 36.8 Å². The maximum absolute atomic E-state index is 11.9. The topological polar surface area (TPSA) is 29.1 Å². The molecule has 1 amide bonds. The molecule has 1 atom stereocenters. The molecule has 1 aromatic carbocycles. The third kappa shape index (κ3) is 2.93. The van der Waals surface area contributed by atoms with Gasteiger partial charge in [-0.2, -0.15) is 0 Å². The van der Waals surface area contributed by atoms with Crippen LogP contribution in [0.15, 0.2) is 22.7 Å². The summed E-state index contributed by atoms with van der Waals surface area (Å²) in [6.07, 6.45) is 2.08. The lowest BCUT2D eigenvalue weighted by molar-refractivity contribution is -0.115. The fraction of sp³-hybridized carbons (Fsp3) is 0.364. The Kier molecular flexibility index (Phi) is 4.16. The maximum Gasteiger partial charge on any atom is 0.237 e. The molecule has 86 valence electrons. The van der Waals surface area contributed by atoms with E-state index in [1.54, 1.807) is 17.8 Å². The summed E-state index contributed by atoms with van der Waals surface area (Å²) in [5.41, 5.74) is 0.675. The molecule has 1 aliphatic rings. The van der Waals surface area contributed by atoms with Gasteiger partial charge < -0.3 is 5.32 Å². The molecule has 0 aliphatic carbocycles. The van der Waals surface area contributed by atoms with E-state index in [2.05, 4.69) is 21.2 Å².